The summed E-state index contributed by atoms with van der Waals surface area (Å²) in [5.41, 5.74) is 9.33. The molecule has 3 aromatic rings. The molecule has 41 heavy (non-hydrogen) atoms. The van der Waals surface area contributed by atoms with Crippen molar-refractivity contribution >= 4 is 34.3 Å². The second-order valence-electron chi connectivity index (χ2n) is 9.55. The highest BCUT2D eigenvalue weighted by molar-refractivity contribution is 5.99. The highest BCUT2D eigenvalue weighted by Crippen LogP contribution is 2.29. The summed E-state index contributed by atoms with van der Waals surface area (Å²) in [7, 11) is 0. The van der Waals surface area contributed by atoms with E-state index in [1.165, 1.54) is 18.3 Å². The van der Waals surface area contributed by atoms with Crippen LogP contribution in [0.15, 0.2) is 60.8 Å². The van der Waals surface area contributed by atoms with Crippen LogP contribution in [-0.2, 0) is 27.0 Å². The second kappa shape index (κ2) is 14.5. The Bertz CT molecular complexity index is 1330. The van der Waals surface area contributed by atoms with Crippen LogP contribution >= 0.6 is 0 Å². The zero-order chi connectivity index (χ0) is 30.0. The average Bonchev–Trinajstić information content (AvgIpc) is 2.92. The fourth-order valence-electron chi connectivity index (χ4n) is 4.12. The molecule has 218 valence electrons. The summed E-state index contributed by atoms with van der Waals surface area (Å²) in [5, 5.41) is 7.72. The lowest BCUT2D eigenvalue weighted by Crippen LogP contribution is -2.53. The number of amides is 3. The number of carbonyl (C=O) groups is 3. The van der Waals surface area contributed by atoms with Gasteiger partial charge in [-0.2, -0.15) is 13.2 Å². The molecule has 0 saturated heterocycles. The van der Waals surface area contributed by atoms with Crippen LogP contribution in [0.5, 0.6) is 0 Å². The van der Waals surface area contributed by atoms with Crippen molar-refractivity contribution in [2.24, 2.45) is 5.73 Å². The number of hydrogen-bond donors (Lipinski definition) is 4. The number of fused-ring (bicyclic) bond motifs is 1. The van der Waals surface area contributed by atoms with Crippen molar-refractivity contribution in [3.63, 3.8) is 0 Å². The van der Waals surface area contributed by atoms with Gasteiger partial charge in [-0.15, -0.1) is 0 Å². The van der Waals surface area contributed by atoms with E-state index in [0.717, 1.165) is 29.5 Å². The fraction of sp³-hybridized carbons (Fsp3) is 0.345. The van der Waals surface area contributed by atoms with Crippen molar-refractivity contribution in [3.8, 4) is 0 Å². The number of rotatable bonds is 13. The van der Waals surface area contributed by atoms with Crippen LogP contribution in [-0.4, -0.2) is 52.9 Å². The van der Waals surface area contributed by atoms with Crippen LogP contribution in [0.1, 0.15) is 37.3 Å². The van der Waals surface area contributed by atoms with Gasteiger partial charge in [0.2, 0.25) is 17.7 Å². The van der Waals surface area contributed by atoms with Crippen LogP contribution in [0.4, 0.5) is 18.9 Å². The van der Waals surface area contributed by atoms with Crippen LogP contribution < -0.4 is 21.8 Å². The van der Waals surface area contributed by atoms with Gasteiger partial charge in [0.1, 0.15) is 6.04 Å². The number of pyridine rings is 1. The normalized spacial score (nSPS) is 13.0. The Balaban J connectivity index is 1.74. The SMILES string of the molecule is [CH2+]CCN(CCC)NC(=O)CC(N)C(=O)NC(Cc1ccc(C(F)(F)F)cc1)C(=O)Nc1cnc2ccccc2c1. The molecule has 0 aliphatic carbocycles. The molecule has 12 heteroatoms. The molecule has 0 spiro atoms. The number of nitrogens with zero attached hydrogens (tertiary/aromatic N) is 2. The fourth-order valence-corrected chi connectivity index (χ4v) is 4.12. The monoisotopic (exact) mass is 571 g/mol. The minimum absolute atomic E-state index is 0.122. The molecule has 5 N–H and O–H groups in total. The van der Waals surface area contributed by atoms with Crippen molar-refractivity contribution < 1.29 is 27.6 Å². The zero-order valence-corrected chi connectivity index (χ0v) is 22.7. The smallest absolute Gasteiger partial charge is 0.343 e. The summed E-state index contributed by atoms with van der Waals surface area (Å²) in [6.45, 7) is 6.85. The summed E-state index contributed by atoms with van der Waals surface area (Å²) in [6.07, 6.45) is -2.15. The van der Waals surface area contributed by atoms with Crippen molar-refractivity contribution in [2.75, 3.05) is 18.4 Å². The van der Waals surface area contributed by atoms with E-state index in [9.17, 15) is 27.6 Å². The van der Waals surface area contributed by atoms with Crippen LogP contribution in [0.2, 0.25) is 0 Å². The van der Waals surface area contributed by atoms with Gasteiger partial charge in [0.05, 0.1) is 55.3 Å². The van der Waals surface area contributed by atoms with Crippen LogP contribution in [0.3, 0.4) is 0 Å². The number of anilines is 1. The Morgan fingerprint density at radius 2 is 1.76 bits per heavy atom. The van der Waals surface area contributed by atoms with Gasteiger partial charge in [0.25, 0.3) is 0 Å². The van der Waals surface area contributed by atoms with Crippen molar-refractivity contribution in [1.82, 2.24) is 20.7 Å². The number of halogens is 3. The minimum atomic E-state index is -4.51. The molecule has 1 heterocycles. The van der Waals surface area contributed by atoms with Crippen LogP contribution in [0, 0.1) is 6.92 Å². The molecule has 3 rings (SSSR count). The Labute approximate surface area is 236 Å². The van der Waals surface area contributed by atoms with Gasteiger partial charge in [0, 0.05) is 18.4 Å². The number of hydrogen-bond acceptors (Lipinski definition) is 6. The summed E-state index contributed by atoms with van der Waals surface area (Å²) >= 11 is 0. The lowest BCUT2D eigenvalue weighted by molar-refractivity contribution is -0.137. The van der Waals surface area contributed by atoms with Crippen LogP contribution in [0.25, 0.3) is 10.9 Å². The number of carbonyl (C=O) groups excluding carboxylic acids is 3. The van der Waals surface area contributed by atoms with E-state index < -0.39 is 41.5 Å². The predicted octanol–water partition coefficient (Wildman–Crippen LogP) is 3.60. The third-order valence-electron chi connectivity index (χ3n) is 6.16. The third-order valence-corrected chi connectivity index (χ3v) is 6.16. The number of para-hydroxylation sites is 1. The first-order chi connectivity index (χ1) is 19.5. The van der Waals surface area contributed by atoms with Crippen molar-refractivity contribution in [1.29, 1.82) is 0 Å². The van der Waals surface area contributed by atoms with Crippen molar-refractivity contribution in [2.45, 2.75) is 50.9 Å². The zero-order valence-electron chi connectivity index (χ0n) is 22.7. The second-order valence-corrected chi connectivity index (χ2v) is 9.55. The first-order valence-corrected chi connectivity index (χ1v) is 13.2. The van der Waals surface area contributed by atoms with Gasteiger partial charge >= 0.3 is 6.18 Å². The summed E-state index contributed by atoms with van der Waals surface area (Å²) in [6, 6.07) is 10.8. The van der Waals surface area contributed by atoms with Gasteiger partial charge in [-0.1, -0.05) is 37.3 Å². The molecule has 9 nitrogen and oxygen atoms in total. The molecule has 2 aromatic carbocycles. The molecule has 3 amide bonds. The van der Waals surface area contributed by atoms with E-state index in [-0.39, 0.29) is 12.8 Å². The molecule has 0 bridgehead atoms. The highest BCUT2D eigenvalue weighted by atomic mass is 19.4. The molecule has 0 radical (unpaired) electrons. The number of benzene rings is 2. The molecule has 1 aromatic heterocycles. The maximum absolute atomic E-state index is 13.3. The summed E-state index contributed by atoms with van der Waals surface area (Å²) in [5.74, 6) is -1.86. The first kappa shape index (κ1) is 31.4. The molecule has 0 aliphatic rings. The van der Waals surface area contributed by atoms with Gasteiger partial charge < -0.3 is 16.4 Å². The number of hydrazine groups is 1. The Kier molecular flexibility index (Phi) is 11.1. The Morgan fingerprint density at radius 3 is 2.41 bits per heavy atom. The molecule has 0 aliphatic heterocycles. The van der Waals surface area contributed by atoms with E-state index in [4.69, 9.17) is 5.73 Å². The van der Waals surface area contributed by atoms with Crippen molar-refractivity contribution in [3.05, 3.63) is 78.8 Å². The predicted molar refractivity (Wildman–Crippen MR) is 150 cm³/mol. The van der Waals surface area contributed by atoms with Gasteiger partial charge in [-0.25, -0.2) is 5.01 Å². The largest absolute Gasteiger partial charge is 0.416 e. The van der Waals surface area contributed by atoms with Gasteiger partial charge in [-0.3, -0.25) is 24.8 Å². The lowest BCUT2D eigenvalue weighted by Gasteiger charge is -2.23. The lowest BCUT2D eigenvalue weighted by atomic mass is 10.0. The Morgan fingerprint density at radius 1 is 1.05 bits per heavy atom. The highest BCUT2D eigenvalue weighted by Gasteiger charge is 2.31. The number of aromatic nitrogens is 1. The molecule has 0 saturated carbocycles. The molecule has 0 fully saturated rings. The third kappa shape index (κ3) is 9.47. The van der Waals surface area contributed by atoms with E-state index >= 15 is 0 Å². The molecular formula is C29H34F3N6O3+. The van der Waals surface area contributed by atoms with E-state index in [0.29, 0.717) is 30.8 Å². The number of nitrogens with one attached hydrogen (secondary N) is 3. The minimum Gasteiger partial charge on any atom is -0.343 e. The maximum Gasteiger partial charge on any atom is 0.416 e. The van der Waals surface area contributed by atoms with Gasteiger partial charge in [0.15, 0.2) is 0 Å². The first-order valence-electron chi connectivity index (χ1n) is 13.2. The molecule has 2 unspecified atom stereocenters. The van der Waals surface area contributed by atoms with E-state index in [2.05, 4.69) is 28.0 Å². The summed E-state index contributed by atoms with van der Waals surface area (Å²) < 4.78 is 39.0. The topological polar surface area (TPSA) is 129 Å². The standard InChI is InChI=1S/C29H33F3N6O3/c1-3-13-38(14-4-2)37-26(39)17-23(33)27(40)36-25(15-19-9-11-21(12-10-19)29(30,31)32)28(41)35-22-16-20-7-5-6-8-24(20)34-18-22/h5-12,16,18,23,25H,1,3-4,13-15,17,33H2,2H3,(H2-,35,36,37,39,40,41)/p+1. The van der Waals surface area contributed by atoms with E-state index in [1.807, 2.05) is 31.2 Å². The average molecular weight is 572 g/mol. The van der Waals surface area contributed by atoms with E-state index in [1.54, 1.807) is 11.1 Å². The number of alkyl halides is 3. The summed E-state index contributed by atoms with van der Waals surface area (Å²) in [4.78, 5) is 43.0. The quantitative estimate of drug-likeness (QED) is 0.183. The molecular weight excluding hydrogens is 537 g/mol. The Hall–Kier alpha value is -4.16. The van der Waals surface area contributed by atoms with Gasteiger partial charge in [-0.05, 0) is 36.2 Å². The molecule has 2 atom stereocenters. The maximum atomic E-state index is 13.3. The number of nitrogens with two attached hydrogens (primary N) is 1.